The van der Waals surface area contributed by atoms with Gasteiger partial charge in [0, 0.05) is 43.1 Å². The predicted octanol–water partition coefficient (Wildman–Crippen LogP) is 2.74. The van der Waals surface area contributed by atoms with Gasteiger partial charge >= 0.3 is 6.18 Å². The molecule has 1 aliphatic heterocycles. The standard InChI is InChI=1S/C19H20F3N5O/c1-13-14(2)27(24-18(13)19(20,21)22)12-17(28)26-9-7-25(8-10-26)16-5-3-15(11-23)4-6-16/h3-6H,7-10,12H2,1-2H3. The van der Waals surface area contributed by atoms with Gasteiger partial charge in [-0.05, 0) is 38.1 Å². The highest BCUT2D eigenvalue weighted by atomic mass is 19.4. The quantitative estimate of drug-likeness (QED) is 0.807. The molecule has 0 radical (unpaired) electrons. The minimum Gasteiger partial charge on any atom is -0.368 e. The highest BCUT2D eigenvalue weighted by molar-refractivity contribution is 5.76. The normalized spacial score (nSPS) is 14.9. The largest absolute Gasteiger partial charge is 0.435 e. The zero-order valence-electron chi connectivity index (χ0n) is 15.6. The Hall–Kier alpha value is -3.02. The van der Waals surface area contributed by atoms with Gasteiger partial charge in [0.2, 0.25) is 5.91 Å². The molecule has 0 spiro atoms. The number of halogens is 3. The monoisotopic (exact) mass is 391 g/mol. The highest BCUT2D eigenvalue weighted by Gasteiger charge is 2.37. The van der Waals surface area contributed by atoms with Crippen molar-refractivity contribution < 1.29 is 18.0 Å². The van der Waals surface area contributed by atoms with E-state index >= 15 is 0 Å². The lowest BCUT2D eigenvalue weighted by molar-refractivity contribution is -0.142. The maximum atomic E-state index is 13.0. The summed E-state index contributed by atoms with van der Waals surface area (Å²) >= 11 is 0. The highest BCUT2D eigenvalue weighted by Crippen LogP contribution is 2.31. The SMILES string of the molecule is Cc1c(C(F)(F)F)nn(CC(=O)N2CCN(c3ccc(C#N)cc3)CC2)c1C. The van der Waals surface area contributed by atoms with Gasteiger partial charge in [0.1, 0.15) is 6.54 Å². The number of nitriles is 1. The van der Waals surface area contributed by atoms with Crippen LogP contribution in [0.4, 0.5) is 18.9 Å². The molecule has 2 aromatic rings. The predicted molar refractivity (Wildman–Crippen MR) is 96.7 cm³/mol. The van der Waals surface area contributed by atoms with Crippen LogP contribution in [-0.4, -0.2) is 46.8 Å². The third-order valence-corrected chi connectivity index (χ3v) is 5.05. The Labute approximate surface area is 160 Å². The molecule has 0 aliphatic carbocycles. The zero-order valence-corrected chi connectivity index (χ0v) is 15.6. The van der Waals surface area contributed by atoms with Crippen LogP contribution in [0.5, 0.6) is 0 Å². The summed E-state index contributed by atoms with van der Waals surface area (Å²) in [5, 5.41) is 12.5. The molecule has 0 atom stereocenters. The van der Waals surface area contributed by atoms with Crippen molar-refractivity contribution in [2.24, 2.45) is 0 Å². The fourth-order valence-corrected chi connectivity index (χ4v) is 3.25. The third-order valence-electron chi connectivity index (χ3n) is 5.05. The van der Waals surface area contributed by atoms with E-state index in [1.807, 2.05) is 12.1 Å². The maximum Gasteiger partial charge on any atom is 0.435 e. The van der Waals surface area contributed by atoms with Gasteiger partial charge in [-0.1, -0.05) is 0 Å². The Bertz CT molecular complexity index is 903. The number of rotatable bonds is 3. The van der Waals surface area contributed by atoms with Crippen molar-refractivity contribution in [1.29, 1.82) is 5.26 Å². The van der Waals surface area contributed by atoms with Crippen LogP contribution in [0.2, 0.25) is 0 Å². The van der Waals surface area contributed by atoms with E-state index in [1.54, 1.807) is 17.0 Å². The summed E-state index contributed by atoms with van der Waals surface area (Å²) in [6, 6.07) is 9.29. The number of piperazine rings is 1. The minimum absolute atomic E-state index is 0.0472. The molecule has 148 valence electrons. The lowest BCUT2D eigenvalue weighted by atomic mass is 10.2. The summed E-state index contributed by atoms with van der Waals surface area (Å²) in [5.74, 6) is -0.251. The molecule has 0 bridgehead atoms. The van der Waals surface area contributed by atoms with E-state index in [0.29, 0.717) is 37.4 Å². The lowest BCUT2D eigenvalue weighted by Gasteiger charge is -2.36. The van der Waals surface area contributed by atoms with Gasteiger partial charge in [-0.3, -0.25) is 9.48 Å². The van der Waals surface area contributed by atoms with Gasteiger partial charge in [-0.2, -0.15) is 23.5 Å². The van der Waals surface area contributed by atoms with Crippen molar-refractivity contribution in [2.45, 2.75) is 26.6 Å². The van der Waals surface area contributed by atoms with Crippen molar-refractivity contribution in [3.05, 3.63) is 46.8 Å². The van der Waals surface area contributed by atoms with Crippen LogP contribution < -0.4 is 4.90 Å². The molecule has 9 heteroatoms. The van der Waals surface area contributed by atoms with Crippen molar-refractivity contribution in [2.75, 3.05) is 31.1 Å². The average Bonchev–Trinajstić information content (AvgIpc) is 2.97. The zero-order chi connectivity index (χ0) is 20.5. The number of amides is 1. The maximum absolute atomic E-state index is 13.0. The Kier molecular flexibility index (Phi) is 5.31. The summed E-state index contributed by atoms with van der Waals surface area (Å²) in [6.45, 7) is 4.87. The number of nitrogens with zero attached hydrogens (tertiary/aromatic N) is 5. The average molecular weight is 391 g/mol. The molecule has 28 heavy (non-hydrogen) atoms. The summed E-state index contributed by atoms with van der Waals surface area (Å²) in [7, 11) is 0. The van der Waals surface area contributed by atoms with Crippen molar-refractivity contribution in [3.8, 4) is 6.07 Å². The van der Waals surface area contributed by atoms with Crippen LogP contribution in [0.15, 0.2) is 24.3 Å². The molecule has 6 nitrogen and oxygen atoms in total. The van der Waals surface area contributed by atoms with E-state index in [4.69, 9.17) is 5.26 Å². The molecule has 0 unspecified atom stereocenters. The molecule has 2 heterocycles. The molecule has 1 amide bonds. The van der Waals surface area contributed by atoms with E-state index in [2.05, 4.69) is 16.1 Å². The van der Waals surface area contributed by atoms with Crippen molar-refractivity contribution in [1.82, 2.24) is 14.7 Å². The third kappa shape index (κ3) is 3.96. The smallest absolute Gasteiger partial charge is 0.368 e. The molecule has 1 aliphatic rings. The summed E-state index contributed by atoms with van der Waals surface area (Å²) in [4.78, 5) is 16.3. The Morgan fingerprint density at radius 1 is 1.14 bits per heavy atom. The van der Waals surface area contributed by atoms with Crippen LogP contribution >= 0.6 is 0 Å². The molecule has 1 saturated heterocycles. The summed E-state index contributed by atoms with van der Waals surface area (Å²) in [6.07, 6.45) is -4.53. The van der Waals surface area contributed by atoms with E-state index < -0.39 is 11.9 Å². The van der Waals surface area contributed by atoms with E-state index in [9.17, 15) is 18.0 Å². The van der Waals surface area contributed by atoms with Gasteiger partial charge in [-0.25, -0.2) is 0 Å². The number of aromatic nitrogens is 2. The molecular weight excluding hydrogens is 371 g/mol. The Morgan fingerprint density at radius 2 is 1.75 bits per heavy atom. The second-order valence-electron chi connectivity index (χ2n) is 6.74. The topological polar surface area (TPSA) is 65.2 Å². The minimum atomic E-state index is -4.53. The van der Waals surface area contributed by atoms with Gasteiger partial charge < -0.3 is 9.80 Å². The van der Waals surface area contributed by atoms with E-state index in [0.717, 1.165) is 10.4 Å². The lowest BCUT2D eigenvalue weighted by Crippen LogP contribution is -2.49. The van der Waals surface area contributed by atoms with Crippen LogP contribution in [0.1, 0.15) is 22.5 Å². The molecule has 1 aromatic carbocycles. The van der Waals surface area contributed by atoms with E-state index in [-0.39, 0.29) is 18.0 Å². The summed E-state index contributed by atoms with van der Waals surface area (Å²) in [5.41, 5.74) is 1.01. The first-order valence-corrected chi connectivity index (χ1v) is 8.85. The molecule has 0 saturated carbocycles. The molecule has 1 fully saturated rings. The number of anilines is 1. The number of carbonyl (C=O) groups is 1. The Balaban J connectivity index is 1.62. The van der Waals surface area contributed by atoms with Crippen molar-refractivity contribution >= 4 is 11.6 Å². The second-order valence-corrected chi connectivity index (χ2v) is 6.74. The Morgan fingerprint density at radius 3 is 2.25 bits per heavy atom. The number of hydrogen-bond acceptors (Lipinski definition) is 4. The van der Waals surface area contributed by atoms with Gasteiger partial charge in [0.25, 0.3) is 0 Å². The van der Waals surface area contributed by atoms with Gasteiger partial charge in [0.15, 0.2) is 5.69 Å². The van der Waals surface area contributed by atoms with Gasteiger partial charge in [0.05, 0.1) is 11.6 Å². The first kappa shape index (κ1) is 19.7. The van der Waals surface area contributed by atoms with Crippen LogP contribution in [-0.2, 0) is 17.5 Å². The molecule has 1 aromatic heterocycles. The number of benzene rings is 1. The van der Waals surface area contributed by atoms with Gasteiger partial charge in [-0.15, -0.1) is 0 Å². The van der Waals surface area contributed by atoms with Crippen LogP contribution in [0, 0.1) is 25.2 Å². The number of carbonyl (C=O) groups excluding carboxylic acids is 1. The molecular formula is C19H20F3N5O. The number of alkyl halides is 3. The summed E-state index contributed by atoms with van der Waals surface area (Å²) < 4.78 is 40.1. The van der Waals surface area contributed by atoms with Crippen molar-refractivity contribution in [3.63, 3.8) is 0 Å². The number of hydrogen-bond donors (Lipinski definition) is 0. The molecule has 3 rings (SSSR count). The fraction of sp³-hybridized carbons (Fsp3) is 0.421. The molecule has 0 N–H and O–H groups in total. The van der Waals surface area contributed by atoms with E-state index in [1.165, 1.54) is 13.8 Å². The fourth-order valence-electron chi connectivity index (χ4n) is 3.25. The van der Waals surface area contributed by atoms with Crippen LogP contribution in [0.3, 0.4) is 0 Å². The first-order chi connectivity index (χ1) is 13.2. The first-order valence-electron chi connectivity index (χ1n) is 8.85. The second kappa shape index (κ2) is 7.54. The van der Waals surface area contributed by atoms with Crippen LogP contribution in [0.25, 0.3) is 0 Å².